The average molecular weight is 155 g/mol. The van der Waals surface area contributed by atoms with Gasteiger partial charge in [-0.2, -0.15) is 0 Å². The third kappa shape index (κ3) is 2.15. The van der Waals surface area contributed by atoms with Crippen molar-refractivity contribution in [3.63, 3.8) is 0 Å². The lowest BCUT2D eigenvalue weighted by Gasteiger charge is -2.25. The van der Waals surface area contributed by atoms with E-state index in [-0.39, 0.29) is 11.2 Å². The van der Waals surface area contributed by atoms with Gasteiger partial charge in [0.15, 0.2) is 0 Å². The average Bonchev–Trinajstić information content (AvgIpc) is 1.97. The van der Waals surface area contributed by atoms with Crippen molar-refractivity contribution in [1.82, 2.24) is 0 Å². The highest BCUT2D eigenvalue weighted by Crippen LogP contribution is 2.32. The Morgan fingerprint density at radius 1 is 1.73 bits per heavy atom. The van der Waals surface area contributed by atoms with Crippen LogP contribution in [0, 0.1) is 5.41 Å². The van der Waals surface area contributed by atoms with Crippen molar-refractivity contribution < 1.29 is 4.39 Å². The van der Waals surface area contributed by atoms with E-state index >= 15 is 0 Å². The van der Waals surface area contributed by atoms with Crippen LogP contribution >= 0.6 is 0 Å². The summed E-state index contributed by atoms with van der Waals surface area (Å²) in [4.78, 5) is 0. The van der Waals surface area contributed by atoms with Gasteiger partial charge in [0.2, 0.25) is 0 Å². The SMILES string of the molecule is CC1(CCN)C=CC(F)=CC1. The first kappa shape index (κ1) is 8.47. The minimum atomic E-state index is -0.125. The Balaban J connectivity index is 2.58. The quantitative estimate of drug-likeness (QED) is 0.649. The highest BCUT2D eigenvalue weighted by molar-refractivity contribution is 5.20. The first-order valence-electron chi connectivity index (χ1n) is 3.91. The largest absolute Gasteiger partial charge is 0.330 e. The van der Waals surface area contributed by atoms with Crippen molar-refractivity contribution in [2.75, 3.05) is 6.54 Å². The van der Waals surface area contributed by atoms with Gasteiger partial charge in [0.05, 0.1) is 0 Å². The Morgan fingerprint density at radius 2 is 2.45 bits per heavy atom. The summed E-state index contributed by atoms with van der Waals surface area (Å²) in [5.41, 5.74) is 5.52. The molecule has 0 saturated carbocycles. The fourth-order valence-corrected chi connectivity index (χ4v) is 1.26. The lowest BCUT2D eigenvalue weighted by Crippen LogP contribution is -2.19. The molecule has 0 bridgehead atoms. The third-order valence-corrected chi connectivity index (χ3v) is 2.12. The number of halogens is 1. The summed E-state index contributed by atoms with van der Waals surface area (Å²) < 4.78 is 12.5. The van der Waals surface area contributed by atoms with Gasteiger partial charge in [-0.1, -0.05) is 13.0 Å². The van der Waals surface area contributed by atoms with Crippen molar-refractivity contribution in [2.24, 2.45) is 11.1 Å². The van der Waals surface area contributed by atoms with Crippen LogP contribution in [0.5, 0.6) is 0 Å². The summed E-state index contributed by atoms with van der Waals surface area (Å²) in [6, 6.07) is 0. The fourth-order valence-electron chi connectivity index (χ4n) is 1.26. The summed E-state index contributed by atoms with van der Waals surface area (Å²) in [5.74, 6) is -0.125. The maximum Gasteiger partial charge on any atom is 0.118 e. The van der Waals surface area contributed by atoms with E-state index in [0.29, 0.717) is 6.54 Å². The van der Waals surface area contributed by atoms with Crippen LogP contribution in [0.3, 0.4) is 0 Å². The van der Waals surface area contributed by atoms with Gasteiger partial charge in [0, 0.05) is 0 Å². The summed E-state index contributed by atoms with van der Waals surface area (Å²) in [6.45, 7) is 2.76. The second-order valence-electron chi connectivity index (χ2n) is 3.32. The predicted molar refractivity (Wildman–Crippen MR) is 44.7 cm³/mol. The molecule has 0 heterocycles. The van der Waals surface area contributed by atoms with Crippen molar-refractivity contribution in [3.8, 4) is 0 Å². The molecule has 2 heteroatoms. The van der Waals surface area contributed by atoms with Gasteiger partial charge < -0.3 is 5.73 Å². The third-order valence-electron chi connectivity index (χ3n) is 2.12. The lowest BCUT2D eigenvalue weighted by atomic mass is 9.81. The highest BCUT2D eigenvalue weighted by Gasteiger charge is 2.21. The molecule has 1 aliphatic carbocycles. The maximum absolute atomic E-state index is 12.5. The second kappa shape index (κ2) is 3.18. The number of hydrogen-bond acceptors (Lipinski definition) is 1. The van der Waals surface area contributed by atoms with Crippen LogP contribution in [0.2, 0.25) is 0 Å². The summed E-state index contributed by atoms with van der Waals surface area (Å²) in [6.07, 6.45) is 6.75. The molecule has 2 N–H and O–H groups in total. The molecule has 1 atom stereocenters. The number of allylic oxidation sites excluding steroid dienone is 4. The molecular weight excluding hydrogens is 141 g/mol. The molecule has 0 radical (unpaired) electrons. The molecular formula is C9H14FN. The van der Waals surface area contributed by atoms with Gasteiger partial charge in [-0.15, -0.1) is 0 Å². The molecule has 0 fully saturated rings. The molecule has 1 nitrogen and oxygen atoms in total. The van der Waals surface area contributed by atoms with Gasteiger partial charge in [-0.25, -0.2) is 4.39 Å². The molecule has 0 aromatic carbocycles. The van der Waals surface area contributed by atoms with E-state index in [4.69, 9.17) is 5.73 Å². The smallest absolute Gasteiger partial charge is 0.118 e. The van der Waals surface area contributed by atoms with Crippen molar-refractivity contribution in [2.45, 2.75) is 19.8 Å². The van der Waals surface area contributed by atoms with Crippen molar-refractivity contribution in [3.05, 3.63) is 24.1 Å². The fraction of sp³-hybridized carbons (Fsp3) is 0.556. The number of nitrogens with two attached hydrogens (primary N) is 1. The maximum atomic E-state index is 12.5. The zero-order valence-corrected chi connectivity index (χ0v) is 6.81. The van der Waals surface area contributed by atoms with Crippen LogP contribution < -0.4 is 5.73 Å². The summed E-state index contributed by atoms with van der Waals surface area (Å²) in [5, 5.41) is 0. The highest BCUT2D eigenvalue weighted by atomic mass is 19.1. The minimum Gasteiger partial charge on any atom is -0.330 e. The second-order valence-corrected chi connectivity index (χ2v) is 3.32. The van der Waals surface area contributed by atoms with Gasteiger partial charge in [0.25, 0.3) is 0 Å². The van der Waals surface area contributed by atoms with Gasteiger partial charge >= 0.3 is 0 Å². The van der Waals surface area contributed by atoms with E-state index in [1.54, 1.807) is 6.08 Å². The van der Waals surface area contributed by atoms with Crippen molar-refractivity contribution >= 4 is 0 Å². The van der Waals surface area contributed by atoms with Gasteiger partial charge in [-0.3, -0.25) is 0 Å². The first-order valence-corrected chi connectivity index (χ1v) is 3.91. The molecule has 62 valence electrons. The zero-order chi connectivity index (χ0) is 8.32. The first-order chi connectivity index (χ1) is 5.16. The van der Waals surface area contributed by atoms with Crippen LogP contribution in [-0.4, -0.2) is 6.54 Å². The molecule has 0 aromatic heterocycles. The van der Waals surface area contributed by atoms with E-state index < -0.39 is 0 Å². The molecule has 1 aliphatic rings. The normalized spacial score (nSPS) is 30.3. The molecule has 0 amide bonds. The summed E-state index contributed by atoms with van der Waals surface area (Å²) >= 11 is 0. The van der Waals surface area contributed by atoms with E-state index in [1.807, 2.05) is 6.08 Å². The van der Waals surface area contributed by atoms with E-state index in [2.05, 4.69) is 6.92 Å². The topological polar surface area (TPSA) is 26.0 Å². The Hall–Kier alpha value is -0.630. The standard InChI is InChI=1S/C9H14FN/c1-9(6-7-11)4-2-8(10)3-5-9/h2-4H,5-7,11H2,1H3. The van der Waals surface area contributed by atoms with Crippen LogP contribution in [0.25, 0.3) is 0 Å². The van der Waals surface area contributed by atoms with Crippen LogP contribution in [-0.2, 0) is 0 Å². The molecule has 1 rings (SSSR count). The van der Waals surface area contributed by atoms with E-state index in [0.717, 1.165) is 12.8 Å². The molecule has 0 aliphatic heterocycles. The molecule has 1 unspecified atom stereocenters. The molecule has 0 aromatic rings. The molecule has 0 saturated heterocycles. The Kier molecular flexibility index (Phi) is 2.45. The van der Waals surface area contributed by atoms with Crippen LogP contribution in [0.4, 0.5) is 4.39 Å². The monoisotopic (exact) mass is 155 g/mol. The number of hydrogen-bond donors (Lipinski definition) is 1. The van der Waals surface area contributed by atoms with Crippen molar-refractivity contribution in [1.29, 1.82) is 0 Å². The number of rotatable bonds is 2. The molecule has 0 spiro atoms. The minimum absolute atomic E-state index is 0.0876. The lowest BCUT2D eigenvalue weighted by molar-refractivity contribution is 0.392. The van der Waals surface area contributed by atoms with E-state index in [1.165, 1.54) is 6.08 Å². The van der Waals surface area contributed by atoms with E-state index in [9.17, 15) is 4.39 Å². The Bertz CT molecular complexity index is 196. The predicted octanol–water partition coefficient (Wildman–Crippen LogP) is 2.15. The van der Waals surface area contributed by atoms with Gasteiger partial charge in [-0.05, 0) is 37.0 Å². The van der Waals surface area contributed by atoms with Gasteiger partial charge in [0.1, 0.15) is 5.83 Å². The van der Waals surface area contributed by atoms with Crippen LogP contribution in [0.15, 0.2) is 24.1 Å². The van der Waals surface area contributed by atoms with Crippen LogP contribution in [0.1, 0.15) is 19.8 Å². The summed E-state index contributed by atoms with van der Waals surface area (Å²) in [7, 11) is 0. The molecule has 11 heavy (non-hydrogen) atoms. The Labute approximate surface area is 66.8 Å². The zero-order valence-electron chi connectivity index (χ0n) is 6.81. The Morgan fingerprint density at radius 3 is 2.91 bits per heavy atom.